The molecule has 0 heteroatoms. The number of hydrogen-bond donors (Lipinski definition) is 0. The maximum Gasteiger partial charge on any atom is -0.00822 e. The molecule has 1 fully saturated rings. The lowest BCUT2D eigenvalue weighted by Crippen LogP contribution is -2.42. The fourth-order valence-electron chi connectivity index (χ4n) is 6.28. The van der Waals surface area contributed by atoms with Crippen molar-refractivity contribution in [2.75, 3.05) is 0 Å². The van der Waals surface area contributed by atoms with Crippen LogP contribution < -0.4 is 0 Å². The summed E-state index contributed by atoms with van der Waals surface area (Å²) in [5.74, 6) is 2.86. The SMILES string of the molecule is CCC1=CCC2C3CCC4=C(CC=C(C)C4)C3CCC12C. The van der Waals surface area contributed by atoms with Gasteiger partial charge in [0.15, 0.2) is 0 Å². The van der Waals surface area contributed by atoms with Crippen LogP contribution in [0.2, 0.25) is 0 Å². The van der Waals surface area contributed by atoms with Gasteiger partial charge in [-0.1, -0.05) is 48.3 Å². The van der Waals surface area contributed by atoms with Crippen molar-refractivity contribution >= 4 is 0 Å². The normalized spacial score (nSPS) is 42.0. The van der Waals surface area contributed by atoms with Crippen LogP contribution in [-0.4, -0.2) is 0 Å². The van der Waals surface area contributed by atoms with Crippen LogP contribution in [0.3, 0.4) is 0 Å². The van der Waals surface area contributed by atoms with Crippen molar-refractivity contribution in [2.24, 2.45) is 23.2 Å². The van der Waals surface area contributed by atoms with E-state index < -0.39 is 0 Å². The number of allylic oxidation sites excluding steroid dienone is 6. The molecule has 21 heavy (non-hydrogen) atoms. The lowest BCUT2D eigenvalue weighted by molar-refractivity contribution is 0.0552. The molecule has 4 rings (SSSR count). The molecule has 0 heterocycles. The van der Waals surface area contributed by atoms with Crippen LogP contribution in [0.15, 0.2) is 34.4 Å². The van der Waals surface area contributed by atoms with Gasteiger partial charge in [-0.25, -0.2) is 0 Å². The van der Waals surface area contributed by atoms with Gasteiger partial charge in [-0.15, -0.1) is 0 Å². The Labute approximate surface area is 130 Å². The molecule has 4 atom stereocenters. The average molecular weight is 282 g/mol. The predicted octanol–water partition coefficient (Wildman–Crippen LogP) is 6.21. The van der Waals surface area contributed by atoms with E-state index in [9.17, 15) is 0 Å². The maximum atomic E-state index is 2.61. The van der Waals surface area contributed by atoms with Crippen LogP contribution >= 0.6 is 0 Å². The van der Waals surface area contributed by atoms with Crippen LogP contribution in [0.25, 0.3) is 0 Å². The van der Waals surface area contributed by atoms with Gasteiger partial charge >= 0.3 is 0 Å². The van der Waals surface area contributed by atoms with Gasteiger partial charge in [0.2, 0.25) is 0 Å². The van der Waals surface area contributed by atoms with Gasteiger partial charge in [-0.3, -0.25) is 0 Å². The molecule has 0 bridgehead atoms. The van der Waals surface area contributed by atoms with E-state index in [4.69, 9.17) is 0 Å². The van der Waals surface area contributed by atoms with Crippen LogP contribution in [-0.2, 0) is 0 Å². The first-order valence-electron chi connectivity index (χ1n) is 9.19. The Balaban J connectivity index is 1.63. The van der Waals surface area contributed by atoms with Gasteiger partial charge in [0.05, 0.1) is 0 Å². The maximum absolute atomic E-state index is 2.61. The highest BCUT2D eigenvalue weighted by atomic mass is 14.6. The number of rotatable bonds is 1. The van der Waals surface area contributed by atoms with E-state index in [2.05, 4.69) is 32.9 Å². The molecular formula is C21H30. The Kier molecular flexibility index (Phi) is 3.21. The first kappa shape index (κ1) is 13.9. The summed E-state index contributed by atoms with van der Waals surface area (Å²) in [5.41, 5.74) is 7.66. The van der Waals surface area contributed by atoms with Gasteiger partial charge in [0.1, 0.15) is 0 Å². The van der Waals surface area contributed by atoms with Gasteiger partial charge in [-0.05, 0) is 81.5 Å². The highest BCUT2D eigenvalue weighted by Gasteiger charge is 2.51. The van der Waals surface area contributed by atoms with Crippen molar-refractivity contribution in [3.05, 3.63) is 34.4 Å². The van der Waals surface area contributed by atoms with Crippen molar-refractivity contribution in [3.63, 3.8) is 0 Å². The fraction of sp³-hybridized carbons (Fsp3) is 0.714. The van der Waals surface area contributed by atoms with Gasteiger partial charge in [-0.2, -0.15) is 0 Å². The predicted molar refractivity (Wildman–Crippen MR) is 90.1 cm³/mol. The third kappa shape index (κ3) is 1.94. The Morgan fingerprint density at radius 2 is 2.10 bits per heavy atom. The molecule has 1 saturated carbocycles. The molecule has 114 valence electrons. The Morgan fingerprint density at radius 3 is 2.90 bits per heavy atom. The minimum Gasteiger partial charge on any atom is -0.0845 e. The van der Waals surface area contributed by atoms with Crippen molar-refractivity contribution in [3.8, 4) is 0 Å². The highest BCUT2D eigenvalue weighted by molar-refractivity contribution is 5.35. The molecule has 4 aliphatic carbocycles. The Morgan fingerprint density at radius 1 is 1.24 bits per heavy atom. The lowest BCUT2D eigenvalue weighted by atomic mass is 9.53. The second-order valence-corrected chi connectivity index (χ2v) is 8.25. The summed E-state index contributed by atoms with van der Waals surface area (Å²) in [6.07, 6.45) is 16.1. The summed E-state index contributed by atoms with van der Waals surface area (Å²) in [6, 6.07) is 0. The van der Waals surface area contributed by atoms with Crippen molar-refractivity contribution < 1.29 is 0 Å². The fourth-order valence-corrected chi connectivity index (χ4v) is 6.28. The average Bonchev–Trinajstić information content (AvgIpc) is 2.83. The number of hydrogen-bond acceptors (Lipinski definition) is 0. The molecule has 4 unspecified atom stereocenters. The zero-order valence-electron chi connectivity index (χ0n) is 14.0. The second-order valence-electron chi connectivity index (χ2n) is 8.25. The first-order valence-corrected chi connectivity index (χ1v) is 9.19. The van der Waals surface area contributed by atoms with Gasteiger partial charge < -0.3 is 0 Å². The topological polar surface area (TPSA) is 0 Å². The molecule has 0 aromatic heterocycles. The standard InChI is InChI=1S/C21H30/c1-4-16-7-10-20-19-9-6-15-13-14(2)5-8-17(15)18(19)11-12-21(16,20)3/h5,7,18-20H,4,6,8-13H2,1-3H3. The van der Waals surface area contributed by atoms with E-state index in [1.54, 1.807) is 11.1 Å². The largest absolute Gasteiger partial charge is 0.0845 e. The van der Waals surface area contributed by atoms with E-state index in [1.807, 2.05) is 11.1 Å². The Bertz CT molecular complexity index is 544. The molecule has 0 aliphatic heterocycles. The van der Waals surface area contributed by atoms with Crippen molar-refractivity contribution in [1.82, 2.24) is 0 Å². The van der Waals surface area contributed by atoms with Crippen molar-refractivity contribution in [2.45, 2.75) is 72.1 Å². The van der Waals surface area contributed by atoms with Crippen molar-refractivity contribution in [1.29, 1.82) is 0 Å². The molecule has 0 saturated heterocycles. The molecule has 0 N–H and O–H groups in total. The summed E-state index contributed by atoms with van der Waals surface area (Å²) >= 11 is 0. The summed E-state index contributed by atoms with van der Waals surface area (Å²) in [6.45, 7) is 7.27. The van der Waals surface area contributed by atoms with Crippen LogP contribution in [0, 0.1) is 23.2 Å². The smallest absolute Gasteiger partial charge is 0.00822 e. The molecule has 0 spiro atoms. The van der Waals surface area contributed by atoms with E-state index >= 15 is 0 Å². The van der Waals surface area contributed by atoms with Crippen LogP contribution in [0.4, 0.5) is 0 Å². The number of fused-ring (bicyclic) bond motifs is 4. The van der Waals surface area contributed by atoms with Gasteiger partial charge in [0.25, 0.3) is 0 Å². The highest BCUT2D eigenvalue weighted by Crippen LogP contribution is 2.61. The van der Waals surface area contributed by atoms with E-state index in [1.165, 1.54) is 51.4 Å². The lowest BCUT2D eigenvalue weighted by Gasteiger charge is -2.51. The summed E-state index contributed by atoms with van der Waals surface area (Å²) in [4.78, 5) is 0. The minimum absolute atomic E-state index is 0.550. The Hall–Kier alpha value is -0.780. The zero-order chi connectivity index (χ0) is 14.6. The molecule has 0 amide bonds. The third-order valence-corrected chi connectivity index (χ3v) is 7.40. The third-order valence-electron chi connectivity index (χ3n) is 7.40. The molecule has 0 aromatic carbocycles. The summed E-state index contributed by atoms with van der Waals surface area (Å²) in [5, 5.41) is 0. The summed E-state index contributed by atoms with van der Waals surface area (Å²) in [7, 11) is 0. The second kappa shape index (κ2) is 4.86. The van der Waals surface area contributed by atoms with Crippen LogP contribution in [0.1, 0.15) is 72.1 Å². The molecule has 0 nitrogen and oxygen atoms in total. The van der Waals surface area contributed by atoms with Crippen LogP contribution in [0.5, 0.6) is 0 Å². The van der Waals surface area contributed by atoms with E-state index in [0.29, 0.717) is 5.41 Å². The first-order chi connectivity index (χ1) is 10.1. The van der Waals surface area contributed by atoms with E-state index in [0.717, 1.165) is 17.8 Å². The quantitative estimate of drug-likeness (QED) is 0.502. The molecule has 4 aliphatic rings. The zero-order valence-corrected chi connectivity index (χ0v) is 14.0. The molecule has 0 radical (unpaired) electrons. The van der Waals surface area contributed by atoms with Gasteiger partial charge in [0, 0.05) is 0 Å². The molecule has 0 aromatic rings. The molecular weight excluding hydrogens is 252 g/mol. The summed E-state index contributed by atoms with van der Waals surface area (Å²) < 4.78 is 0. The minimum atomic E-state index is 0.550. The van der Waals surface area contributed by atoms with E-state index in [-0.39, 0.29) is 0 Å². The monoisotopic (exact) mass is 282 g/mol.